The summed E-state index contributed by atoms with van der Waals surface area (Å²) in [6.07, 6.45) is 0. The van der Waals surface area contributed by atoms with Gasteiger partial charge in [0.2, 0.25) is 0 Å². The molecule has 1 aromatic carbocycles. The molecule has 0 bridgehead atoms. The largest absolute Gasteiger partial charge is 0.385 e. The molecule has 2 heteroatoms. The van der Waals surface area contributed by atoms with Gasteiger partial charge in [0.15, 0.2) is 0 Å². The maximum atomic E-state index is 5.72. The average molecular weight is 206 g/mol. The molecule has 0 heterocycles. The van der Waals surface area contributed by atoms with Gasteiger partial charge in [0.05, 0.1) is 0 Å². The van der Waals surface area contributed by atoms with E-state index in [1.165, 1.54) is 11.3 Å². The van der Waals surface area contributed by atoms with Crippen molar-refractivity contribution in [3.63, 3.8) is 0 Å². The maximum absolute atomic E-state index is 5.72. The number of benzene rings is 1. The minimum atomic E-state index is 0.548. The summed E-state index contributed by atoms with van der Waals surface area (Å²) in [5.41, 5.74) is 8.19. The Morgan fingerprint density at radius 3 is 2.27 bits per heavy atom. The molecule has 0 spiro atoms. The van der Waals surface area contributed by atoms with E-state index in [0.29, 0.717) is 11.8 Å². The zero-order valence-corrected chi connectivity index (χ0v) is 9.96. The number of hydrogen-bond acceptors (Lipinski definition) is 2. The summed E-state index contributed by atoms with van der Waals surface area (Å²) < 4.78 is 0. The molecule has 1 rings (SSSR count). The normalized spacial score (nSPS) is 12.9. The fraction of sp³-hybridized carbons (Fsp3) is 0.538. The van der Waals surface area contributed by atoms with Gasteiger partial charge in [-0.05, 0) is 37.4 Å². The first-order valence-corrected chi connectivity index (χ1v) is 5.64. The van der Waals surface area contributed by atoms with E-state index in [9.17, 15) is 0 Å². The molecule has 0 saturated heterocycles. The third-order valence-corrected chi connectivity index (χ3v) is 2.87. The van der Waals surface area contributed by atoms with Gasteiger partial charge in [0, 0.05) is 12.2 Å². The van der Waals surface area contributed by atoms with Crippen molar-refractivity contribution in [1.29, 1.82) is 0 Å². The Kier molecular flexibility index (Phi) is 4.63. The van der Waals surface area contributed by atoms with Crippen LogP contribution >= 0.6 is 0 Å². The van der Waals surface area contributed by atoms with Crippen LogP contribution in [0.15, 0.2) is 24.3 Å². The Bertz CT molecular complexity index is 277. The van der Waals surface area contributed by atoms with Gasteiger partial charge in [0.1, 0.15) is 0 Å². The van der Waals surface area contributed by atoms with Gasteiger partial charge >= 0.3 is 0 Å². The van der Waals surface area contributed by atoms with E-state index >= 15 is 0 Å². The minimum Gasteiger partial charge on any atom is -0.385 e. The molecule has 1 unspecified atom stereocenters. The predicted molar refractivity (Wildman–Crippen MR) is 67.1 cm³/mol. The SMILES string of the molecule is Cc1ccc(NCC(CN)C(C)C)cc1. The minimum absolute atomic E-state index is 0.548. The van der Waals surface area contributed by atoms with Gasteiger partial charge < -0.3 is 11.1 Å². The van der Waals surface area contributed by atoms with Gasteiger partial charge in [-0.15, -0.1) is 0 Å². The molecule has 1 atom stereocenters. The summed E-state index contributed by atoms with van der Waals surface area (Å²) in [7, 11) is 0. The first-order chi connectivity index (χ1) is 7.13. The molecule has 0 amide bonds. The van der Waals surface area contributed by atoms with E-state index in [1.54, 1.807) is 0 Å². The van der Waals surface area contributed by atoms with Crippen molar-refractivity contribution >= 4 is 5.69 Å². The van der Waals surface area contributed by atoms with Crippen LogP contribution in [-0.2, 0) is 0 Å². The summed E-state index contributed by atoms with van der Waals surface area (Å²) >= 11 is 0. The van der Waals surface area contributed by atoms with Crippen LogP contribution in [0.5, 0.6) is 0 Å². The van der Waals surface area contributed by atoms with Crippen LogP contribution in [0.25, 0.3) is 0 Å². The fourth-order valence-corrected chi connectivity index (χ4v) is 1.51. The summed E-state index contributed by atoms with van der Waals surface area (Å²) in [4.78, 5) is 0. The average Bonchev–Trinajstić information content (AvgIpc) is 2.21. The summed E-state index contributed by atoms with van der Waals surface area (Å²) in [5, 5.41) is 3.42. The standard InChI is InChI=1S/C13H22N2/c1-10(2)12(8-14)9-15-13-6-4-11(3)5-7-13/h4-7,10,12,15H,8-9,14H2,1-3H3. The number of rotatable bonds is 5. The van der Waals surface area contributed by atoms with E-state index in [0.717, 1.165) is 13.1 Å². The number of aryl methyl sites for hydroxylation is 1. The second kappa shape index (κ2) is 5.76. The lowest BCUT2D eigenvalue weighted by Crippen LogP contribution is -2.27. The summed E-state index contributed by atoms with van der Waals surface area (Å²) in [6.45, 7) is 8.23. The van der Waals surface area contributed by atoms with Crippen LogP contribution in [0.4, 0.5) is 5.69 Å². The monoisotopic (exact) mass is 206 g/mol. The maximum Gasteiger partial charge on any atom is 0.0340 e. The number of nitrogens with one attached hydrogen (secondary N) is 1. The van der Waals surface area contributed by atoms with Gasteiger partial charge in [-0.2, -0.15) is 0 Å². The highest BCUT2D eigenvalue weighted by Gasteiger charge is 2.10. The van der Waals surface area contributed by atoms with Gasteiger partial charge in [0.25, 0.3) is 0 Å². The Hall–Kier alpha value is -1.02. The summed E-state index contributed by atoms with van der Waals surface area (Å²) in [6, 6.07) is 8.47. The van der Waals surface area contributed by atoms with E-state index in [4.69, 9.17) is 5.73 Å². The third kappa shape index (κ3) is 3.92. The molecular formula is C13H22N2. The lowest BCUT2D eigenvalue weighted by molar-refractivity contribution is 0.413. The Balaban J connectivity index is 2.45. The Morgan fingerprint density at radius 1 is 1.20 bits per heavy atom. The van der Waals surface area contributed by atoms with Gasteiger partial charge in [-0.3, -0.25) is 0 Å². The molecule has 0 saturated carbocycles. The topological polar surface area (TPSA) is 38.0 Å². The molecule has 15 heavy (non-hydrogen) atoms. The Labute approximate surface area is 92.9 Å². The molecule has 0 fully saturated rings. The van der Waals surface area contributed by atoms with Crippen LogP contribution in [0, 0.1) is 18.8 Å². The zero-order chi connectivity index (χ0) is 11.3. The molecular weight excluding hydrogens is 184 g/mol. The number of nitrogens with two attached hydrogens (primary N) is 1. The van der Waals surface area contributed by atoms with Crippen molar-refractivity contribution in [2.75, 3.05) is 18.4 Å². The van der Waals surface area contributed by atoms with Crippen molar-refractivity contribution in [3.8, 4) is 0 Å². The number of anilines is 1. The van der Waals surface area contributed by atoms with Crippen LogP contribution in [0.1, 0.15) is 19.4 Å². The van der Waals surface area contributed by atoms with E-state index in [1.807, 2.05) is 0 Å². The highest BCUT2D eigenvalue weighted by Crippen LogP contribution is 2.13. The van der Waals surface area contributed by atoms with Crippen LogP contribution in [-0.4, -0.2) is 13.1 Å². The van der Waals surface area contributed by atoms with Crippen LogP contribution < -0.4 is 11.1 Å². The number of hydrogen-bond donors (Lipinski definition) is 2. The van der Waals surface area contributed by atoms with E-state index in [-0.39, 0.29) is 0 Å². The van der Waals surface area contributed by atoms with Crippen LogP contribution in [0.2, 0.25) is 0 Å². The van der Waals surface area contributed by atoms with Crippen molar-refractivity contribution in [1.82, 2.24) is 0 Å². The zero-order valence-electron chi connectivity index (χ0n) is 9.96. The van der Waals surface area contributed by atoms with Crippen molar-refractivity contribution in [3.05, 3.63) is 29.8 Å². The lowest BCUT2D eigenvalue weighted by atomic mass is 9.96. The third-order valence-electron chi connectivity index (χ3n) is 2.87. The quantitative estimate of drug-likeness (QED) is 0.777. The molecule has 2 nitrogen and oxygen atoms in total. The van der Waals surface area contributed by atoms with Gasteiger partial charge in [-0.1, -0.05) is 31.5 Å². The lowest BCUT2D eigenvalue weighted by Gasteiger charge is -2.19. The van der Waals surface area contributed by atoms with Crippen molar-refractivity contribution < 1.29 is 0 Å². The first kappa shape index (κ1) is 12.1. The van der Waals surface area contributed by atoms with Crippen molar-refractivity contribution in [2.45, 2.75) is 20.8 Å². The molecule has 0 aromatic heterocycles. The Morgan fingerprint density at radius 2 is 1.80 bits per heavy atom. The highest BCUT2D eigenvalue weighted by molar-refractivity contribution is 5.44. The van der Waals surface area contributed by atoms with E-state index in [2.05, 4.69) is 50.4 Å². The van der Waals surface area contributed by atoms with Crippen LogP contribution in [0.3, 0.4) is 0 Å². The molecule has 1 aromatic rings. The van der Waals surface area contributed by atoms with E-state index < -0.39 is 0 Å². The van der Waals surface area contributed by atoms with Gasteiger partial charge in [-0.25, -0.2) is 0 Å². The predicted octanol–water partition coefficient (Wildman–Crippen LogP) is 2.64. The smallest absolute Gasteiger partial charge is 0.0340 e. The fourth-order valence-electron chi connectivity index (χ4n) is 1.51. The molecule has 0 aliphatic heterocycles. The first-order valence-electron chi connectivity index (χ1n) is 5.64. The molecule has 0 aliphatic carbocycles. The molecule has 84 valence electrons. The highest BCUT2D eigenvalue weighted by atomic mass is 14.9. The molecule has 0 radical (unpaired) electrons. The second-order valence-corrected chi connectivity index (χ2v) is 4.49. The molecule has 0 aliphatic rings. The summed E-state index contributed by atoms with van der Waals surface area (Å²) in [5.74, 6) is 1.18. The molecule has 3 N–H and O–H groups in total. The van der Waals surface area contributed by atoms with Crippen molar-refractivity contribution in [2.24, 2.45) is 17.6 Å². The second-order valence-electron chi connectivity index (χ2n) is 4.49.